The van der Waals surface area contributed by atoms with Gasteiger partial charge in [0.2, 0.25) is 5.91 Å². The number of carbonyl (C=O) groups is 3. The zero-order chi connectivity index (χ0) is 30.8. The molecule has 1 atom stereocenters. The number of nitrogens with zero attached hydrogens (tertiary/aromatic N) is 4. The highest BCUT2D eigenvalue weighted by atomic mass is 35.5. The van der Waals surface area contributed by atoms with Gasteiger partial charge in [-0.15, -0.1) is 0 Å². The minimum Gasteiger partial charge on any atom is -0.443 e. The summed E-state index contributed by atoms with van der Waals surface area (Å²) >= 11 is 6.54. The number of hydrogen-bond donors (Lipinski definition) is 0. The molecule has 1 unspecified atom stereocenters. The second-order valence-electron chi connectivity index (χ2n) is 12.2. The van der Waals surface area contributed by atoms with E-state index in [0.717, 1.165) is 10.6 Å². The predicted molar refractivity (Wildman–Crippen MR) is 163 cm³/mol. The lowest BCUT2D eigenvalue weighted by molar-refractivity contribution is -0.117. The van der Waals surface area contributed by atoms with Crippen molar-refractivity contribution in [2.45, 2.75) is 53.1 Å². The van der Waals surface area contributed by atoms with E-state index < -0.39 is 29.3 Å². The number of benzene rings is 2. The first-order valence-corrected chi connectivity index (χ1v) is 14.4. The first kappa shape index (κ1) is 28.7. The molecule has 2 aliphatic rings. The zero-order valence-corrected chi connectivity index (χ0v) is 25.3. The van der Waals surface area contributed by atoms with Crippen molar-refractivity contribution in [2.24, 2.45) is 5.92 Å². The van der Waals surface area contributed by atoms with Gasteiger partial charge in [-0.2, -0.15) is 0 Å². The number of hydrogen-bond acceptors (Lipinski definition) is 6. The number of imide groups is 1. The van der Waals surface area contributed by atoms with Crippen LogP contribution in [0.15, 0.2) is 48.8 Å². The molecule has 0 bridgehead atoms. The lowest BCUT2D eigenvalue weighted by Gasteiger charge is -2.35. The lowest BCUT2D eigenvalue weighted by atomic mass is 9.92. The van der Waals surface area contributed by atoms with Crippen molar-refractivity contribution in [1.82, 2.24) is 9.97 Å². The fraction of sp³-hybridized carbons (Fsp3) is 0.303. The number of pyridine rings is 2. The van der Waals surface area contributed by atoms with Crippen LogP contribution in [0.2, 0.25) is 5.02 Å². The summed E-state index contributed by atoms with van der Waals surface area (Å²) in [6, 6.07) is 10.1. The van der Waals surface area contributed by atoms with E-state index in [1.807, 2.05) is 13.8 Å². The topological polar surface area (TPSA) is 92.7 Å². The third kappa shape index (κ3) is 5.01. The Kier molecular flexibility index (Phi) is 6.96. The van der Waals surface area contributed by atoms with Crippen LogP contribution in [0, 0.1) is 18.7 Å². The minimum atomic E-state index is -0.695. The van der Waals surface area contributed by atoms with E-state index in [9.17, 15) is 14.4 Å². The Balaban J connectivity index is 1.46. The maximum absolute atomic E-state index is 15.9. The molecule has 10 heteroatoms. The van der Waals surface area contributed by atoms with Crippen LogP contribution in [-0.4, -0.2) is 40.0 Å². The van der Waals surface area contributed by atoms with Crippen LogP contribution in [0.4, 0.5) is 20.7 Å². The monoisotopic (exact) mass is 600 g/mol. The maximum Gasteiger partial charge on any atom is 0.414 e. The number of aromatic nitrogens is 2. The van der Waals surface area contributed by atoms with Gasteiger partial charge in [0.1, 0.15) is 17.2 Å². The van der Waals surface area contributed by atoms with Gasteiger partial charge in [0.15, 0.2) is 0 Å². The Morgan fingerprint density at radius 3 is 2.56 bits per heavy atom. The van der Waals surface area contributed by atoms with Gasteiger partial charge in [0.25, 0.3) is 5.91 Å². The largest absolute Gasteiger partial charge is 0.443 e. The van der Waals surface area contributed by atoms with Crippen LogP contribution < -0.4 is 9.80 Å². The van der Waals surface area contributed by atoms with E-state index in [0.29, 0.717) is 51.7 Å². The number of halogens is 2. The zero-order valence-electron chi connectivity index (χ0n) is 24.5. The van der Waals surface area contributed by atoms with Gasteiger partial charge in [0.05, 0.1) is 22.8 Å². The highest BCUT2D eigenvalue weighted by Crippen LogP contribution is 2.41. The van der Waals surface area contributed by atoms with Crippen LogP contribution in [0.3, 0.4) is 0 Å². The summed E-state index contributed by atoms with van der Waals surface area (Å²) in [5.74, 6) is -1.27. The average Bonchev–Trinajstić information content (AvgIpc) is 2.94. The van der Waals surface area contributed by atoms with Crippen LogP contribution in [0.1, 0.15) is 54.9 Å². The number of amides is 3. The smallest absolute Gasteiger partial charge is 0.414 e. The van der Waals surface area contributed by atoms with Crippen molar-refractivity contribution in [2.75, 3.05) is 16.3 Å². The Morgan fingerprint density at radius 2 is 1.81 bits per heavy atom. The summed E-state index contributed by atoms with van der Waals surface area (Å²) < 4.78 is 21.6. The summed E-state index contributed by atoms with van der Waals surface area (Å²) in [6.07, 6.45) is 3.19. The van der Waals surface area contributed by atoms with E-state index in [4.69, 9.17) is 16.3 Å². The number of ether oxygens (including phenoxy) is 1. The Morgan fingerprint density at radius 1 is 1.07 bits per heavy atom. The number of rotatable bonds is 2. The third-order valence-corrected chi connectivity index (χ3v) is 8.12. The first-order valence-electron chi connectivity index (χ1n) is 14.1. The molecule has 6 rings (SSSR count). The van der Waals surface area contributed by atoms with E-state index in [1.54, 1.807) is 68.3 Å². The molecule has 3 amide bonds. The van der Waals surface area contributed by atoms with Crippen molar-refractivity contribution >= 4 is 51.8 Å². The molecular formula is C33H30ClFN4O4. The molecule has 0 spiro atoms. The van der Waals surface area contributed by atoms with Crippen LogP contribution in [0.5, 0.6) is 0 Å². The normalized spacial score (nSPS) is 16.8. The van der Waals surface area contributed by atoms with Crippen LogP contribution in [-0.2, 0) is 22.4 Å². The SMILES string of the molecule is Cc1c(-c2cc3cc(N4C(=O)Cc5ccccc5C4=O)ncc3c(Cl)c2F)cnc2c1N(C(=O)OC(C)(C)C)CC(C)C2. The quantitative estimate of drug-likeness (QED) is 0.229. The summed E-state index contributed by atoms with van der Waals surface area (Å²) in [5, 5.41) is 0.667. The van der Waals surface area contributed by atoms with Gasteiger partial charge in [0, 0.05) is 41.0 Å². The lowest BCUT2D eigenvalue weighted by Crippen LogP contribution is -2.43. The molecule has 0 radical (unpaired) electrons. The molecule has 4 heterocycles. The molecule has 8 nitrogen and oxygen atoms in total. The highest BCUT2D eigenvalue weighted by Gasteiger charge is 2.35. The molecule has 0 N–H and O–H groups in total. The van der Waals surface area contributed by atoms with E-state index in [2.05, 4.69) is 9.97 Å². The summed E-state index contributed by atoms with van der Waals surface area (Å²) in [6.45, 7) is 9.71. The van der Waals surface area contributed by atoms with Crippen molar-refractivity contribution in [3.05, 3.63) is 82.0 Å². The molecule has 43 heavy (non-hydrogen) atoms. The summed E-state index contributed by atoms with van der Waals surface area (Å²) in [7, 11) is 0. The van der Waals surface area contributed by atoms with Crippen molar-refractivity contribution in [3.8, 4) is 11.1 Å². The van der Waals surface area contributed by atoms with Gasteiger partial charge in [-0.25, -0.2) is 19.1 Å². The molecule has 2 aromatic heterocycles. The molecule has 0 aliphatic carbocycles. The number of fused-ring (bicyclic) bond motifs is 3. The standard InChI is InChI=1S/C33H30ClFN4O4/c1-17-10-25-30(38(16-17)32(42)43-33(3,4)5)18(2)23(14-36-25)22-11-20-12-26(37-15-24(20)28(34)29(22)35)39-27(40)13-19-8-6-7-9-21(19)31(39)41/h6-9,11-12,14-15,17H,10,13,16H2,1-5H3. The molecule has 2 aliphatic heterocycles. The van der Waals surface area contributed by atoms with Gasteiger partial charge < -0.3 is 4.74 Å². The van der Waals surface area contributed by atoms with Gasteiger partial charge >= 0.3 is 6.09 Å². The van der Waals surface area contributed by atoms with E-state index in [1.165, 1.54) is 6.20 Å². The van der Waals surface area contributed by atoms with Gasteiger partial charge in [-0.3, -0.25) is 19.5 Å². The Labute approximate surface area is 253 Å². The predicted octanol–water partition coefficient (Wildman–Crippen LogP) is 7.06. The summed E-state index contributed by atoms with van der Waals surface area (Å²) in [4.78, 5) is 51.1. The van der Waals surface area contributed by atoms with Gasteiger partial charge in [-0.05, 0) is 74.7 Å². The van der Waals surface area contributed by atoms with Crippen LogP contribution >= 0.6 is 11.6 Å². The first-order chi connectivity index (χ1) is 20.3. The molecule has 4 aromatic rings. The molecule has 0 fully saturated rings. The fourth-order valence-corrected chi connectivity index (χ4v) is 6.09. The average molecular weight is 601 g/mol. The van der Waals surface area contributed by atoms with E-state index >= 15 is 4.39 Å². The van der Waals surface area contributed by atoms with Crippen LogP contribution in [0.25, 0.3) is 21.9 Å². The molecule has 0 saturated carbocycles. The molecule has 0 saturated heterocycles. The minimum absolute atomic E-state index is 0.0593. The molecule has 2 aromatic carbocycles. The Bertz CT molecular complexity index is 1850. The van der Waals surface area contributed by atoms with Crippen molar-refractivity contribution < 1.29 is 23.5 Å². The summed E-state index contributed by atoms with van der Waals surface area (Å²) in [5.41, 5.74) is 3.01. The van der Waals surface area contributed by atoms with E-state index in [-0.39, 0.29) is 28.7 Å². The van der Waals surface area contributed by atoms with Crippen molar-refractivity contribution in [1.29, 1.82) is 0 Å². The highest BCUT2D eigenvalue weighted by molar-refractivity contribution is 6.36. The Hall–Kier alpha value is -4.37. The van der Waals surface area contributed by atoms with Gasteiger partial charge in [-0.1, -0.05) is 36.7 Å². The fourth-order valence-electron chi connectivity index (χ4n) is 5.83. The molecular weight excluding hydrogens is 571 g/mol. The second kappa shape index (κ2) is 10.4. The number of anilines is 2. The van der Waals surface area contributed by atoms with Crippen molar-refractivity contribution in [3.63, 3.8) is 0 Å². The number of carbonyl (C=O) groups excluding carboxylic acids is 3. The maximum atomic E-state index is 15.9. The molecule has 220 valence electrons. The second-order valence-corrected chi connectivity index (χ2v) is 12.6. The third-order valence-electron chi connectivity index (χ3n) is 7.75.